The average molecular weight is 515 g/mol. The molecule has 5 aromatic rings. The topological polar surface area (TPSA) is 45.8 Å². The lowest BCUT2D eigenvalue weighted by Crippen LogP contribution is -3.00. The first-order valence-corrected chi connectivity index (χ1v) is 13.3. The highest BCUT2D eigenvalue weighted by Crippen LogP contribution is 2.54. The fourth-order valence-corrected chi connectivity index (χ4v) is 9.28. The minimum atomic E-state index is -2.58. The molecule has 4 aromatic carbocycles. The molecule has 0 aliphatic heterocycles. The highest BCUT2D eigenvalue weighted by Gasteiger charge is 2.51. The highest BCUT2D eigenvalue weighted by molar-refractivity contribution is 8.02. The van der Waals surface area contributed by atoms with Crippen LogP contribution < -0.4 is 39.2 Å². The van der Waals surface area contributed by atoms with Gasteiger partial charge in [-0.3, -0.25) is 4.79 Å². The number of nitrogens with zero attached hydrogens (tertiary/aromatic N) is 1. The first kappa shape index (κ1) is 24.9. The van der Waals surface area contributed by atoms with Crippen molar-refractivity contribution in [2.24, 2.45) is 0 Å². The van der Waals surface area contributed by atoms with Gasteiger partial charge in [0.05, 0.1) is 0 Å². The van der Waals surface area contributed by atoms with Crippen LogP contribution in [0.5, 0.6) is 0 Å². The second-order valence-corrected chi connectivity index (χ2v) is 11.9. The normalized spacial score (nSPS) is 11.0. The van der Waals surface area contributed by atoms with Crippen LogP contribution in [0.15, 0.2) is 125 Å². The minimum absolute atomic E-state index is 0. The smallest absolute Gasteiger partial charge is 0.296 e. The van der Waals surface area contributed by atoms with Gasteiger partial charge in [-0.1, -0.05) is 84.4 Å². The van der Waals surface area contributed by atoms with E-state index in [-0.39, 0.29) is 18.0 Å². The summed E-state index contributed by atoms with van der Waals surface area (Å²) in [6.45, 7) is 2.03. The number of H-pyrrole nitrogens is 1. The van der Waals surface area contributed by atoms with Gasteiger partial charge in [0.25, 0.3) is 5.56 Å². The molecule has 0 fully saturated rings. The second-order valence-electron chi connectivity index (χ2n) is 8.13. The van der Waals surface area contributed by atoms with E-state index in [1.807, 2.05) is 85.8 Å². The lowest BCUT2D eigenvalue weighted by molar-refractivity contribution is -0.00000668. The zero-order valence-corrected chi connectivity index (χ0v) is 21.6. The van der Waals surface area contributed by atoms with Crippen LogP contribution in [0, 0.1) is 6.92 Å². The number of rotatable bonds is 5. The van der Waals surface area contributed by atoms with E-state index in [0.29, 0.717) is 16.2 Å². The molecule has 1 aromatic heterocycles. The molecule has 1 N–H and O–H groups in total. The zero-order chi connectivity index (χ0) is 23.5. The maximum atomic E-state index is 14.0. The van der Waals surface area contributed by atoms with Crippen LogP contribution >= 0.6 is 19.9 Å². The van der Waals surface area contributed by atoms with Crippen LogP contribution in [0.4, 0.5) is 0 Å². The van der Waals surface area contributed by atoms with E-state index in [1.54, 1.807) is 0 Å². The minimum Gasteiger partial charge on any atom is -1.00 e. The fourth-order valence-electron chi connectivity index (χ4n) is 4.39. The molecule has 5 rings (SSSR count). The molecule has 0 radical (unpaired) electrons. The Morgan fingerprint density at radius 2 is 1.11 bits per heavy atom. The number of nitrogens with one attached hydrogen (secondary N) is 1. The van der Waals surface area contributed by atoms with Gasteiger partial charge >= 0.3 is 0 Å². The largest absolute Gasteiger partial charge is 1.00 e. The van der Waals surface area contributed by atoms with Crippen LogP contribution in [0.3, 0.4) is 0 Å². The van der Waals surface area contributed by atoms with E-state index < -0.39 is 7.26 Å². The Balaban J connectivity index is 0.00000289. The summed E-state index contributed by atoms with van der Waals surface area (Å²) in [7, 11) is -2.58. The number of hydrogen-bond donors (Lipinski definition) is 2. The molecule has 174 valence electrons. The third-order valence-electron chi connectivity index (χ3n) is 5.97. The van der Waals surface area contributed by atoms with Crippen molar-refractivity contribution in [1.82, 2.24) is 9.97 Å². The van der Waals surface area contributed by atoms with E-state index in [1.165, 1.54) is 0 Å². The second kappa shape index (κ2) is 10.6. The summed E-state index contributed by atoms with van der Waals surface area (Å²) in [6.07, 6.45) is 0. The summed E-state index contributed by atoms with van der Waals surface area (Å²) in [4.78, 5) is 21.8. The number of benzene rings is 4. The molecule has 0 unspecified atom stereocenters. The molecule has 6 heteroatoms. The molecule has 0 aliphatic carbocycles. The summed E-state index contributed by atoms with van der Waals surface area (Å²) < 4.78 is 0. The Labute approximate surface area is 217 Å². The average Bonchev–Trinajstić information content (AvgIpc) is 2.88. The van der Waals surface area contributed by atoms with Gasteiger partial charge in [0.1, 0.15) is 26.8 Å². The maximum absolute atomic E-state index is 14.0. The summed E-state index contributed by atoms with van der Waals surface area (Å²) in [5.74, 6) is 0.519. The number of hydrogen-bond acceptors (Lipinski definition) is 3. The van der Waals surface area contributed by atoms with Crippen molar-refractivity contribution in [3.8, 4) is 11.4 Å². The molecule has 0 saturated heterocycles. The molecule has 1 heterocycles. The Morgan fingerprint density at radius 3 is 1.51 bits per heavy atom. The predicted octanol–water partition coefficient (Wildman–Crippen LogP) is 1.66. The molecule has 35 heavy (non-hydrogen) atoms. The predicted molar refractivity (Wildman–Crippen MR) is 147 cm³/mol. The Kier molecular flexibility index (Phi) is 7.57. The van der Waals surface area contributed by atoms with E-state index in [4.69, 9.17) is 17.6 Å². The monoisotopic (exact) mass is 514 g/mol. The van der Waals surface area contributed by atoms with Crippen molar-refractivity contribution in [3.63, 3.8) is 0 Å². The van der Waals surface area contributed by atoms with E-state index in [2.05, 4.69) is 41.4 Å². The number of aromatic amines is 1. The van der Waals surface area contributed by atoms with Gasteiger partial charge < -0.3 is 17.4 Å². The van der Waals surface area contributed by atoms with Crippen molar-refractivity contribution >= 4 is 41.1 Å². The third kappa shape index (κ3) is 4.58. The Morgan fingerprint density at radius 1 is 0.686 bits per heavy atom. The zero-order valence-electron chi connectivity index (χ0n) is 19.1. The molecule has 3 nitrogen and oxygen atoms in total. The van der Waals surface area contributed by atoms with Gasteiger partial charge in [-0.25, -0.2) is 4.98 Å². The van der Waals surface area contributed by atoms with Crippen molar-refractivity contribution in [2.75, 3.05) is 0 Å². The van der Waals surface area contributed by atoms with Crippen LogP contribution in [0.1, 0.15) is 5.56 Å². The van der Waals surface area contributed by atoms with Crippen molar-refractivity contribution in [2.45, 2.75) is 11.9 Å². The fraction of sp³-hybridized carbons (Fsp3) is 0.0345. The maximum Gasteiger partial charge on any atom is 0.296 e. The lowest BCUT2D eigenvalue weighted by atomic mass is 10.1. The molecule has 0 atom stereocenters. The number of thiol groups is 1. The molecule has 0 aliphatic rings. The van der Waals surface area contributed by atoms with Crippen molar-refractivity contribution in [1.29, 1.82) is 0 Å². The molecule has 0 saturated carbocycles. The van der Waals surface area contributed by atoms with Crippen LogP contribution in [-0.4, -0.2) is 9.97 Å². The molecule has 0 bridgehead atoms. The Bertz CT molecular complexity index is 1380. The van der Waals surface area contributed by atoms with Crippen molar-refractivity contribution in [3.05, 3.63) is 131 Å². The molecular formula is C29H24ClN2OPS. The first-order valence-electron chi connectivity index (χ1n) is 11.1. The lowest BCUT2D eigenvalue weighted by Gasteiger charge is -2.27. The molecular weight excluding hydrogens is 491 g/mol. The van der Waals surface area contributed by atoms with Crippen LogP contribution in [-0.2, 0) is 0 Å². The van der Waals surface area contributed by atoms with Gasteiger partial charge in [-0.15, -0.1) is 12.6 Å². The van der Waals surface area contributed by atoms with E-state index in [9.17, 15) is 4.79 Å². The van der Waals surface area contributed by atoms with Crippen LogP contribution in [0.25, 0.3) is 11.4 Å². The number of halogens is 1. The van der Waals surface area contributed by atoms with E-state index in [0.717, 1.165) is 27.0 Å². The first-order chi connectivity index (χ1) is 16.6. The van der Waals surface area contributed by atoms with Crippen LogP contribution in [0.2, 0.25) is 0 Å². The van der Waals surface area contributed by atoms with Gasteiger partial charge in [0.2, 0.25) is 5.30 Å². The summed E-state index contributed by atoms with van der Waals surface area (Å²) in [6, 6.07) is 38.7. The molecule has 0 spiro atoms. The van der Waals surface area contributed by atoms with Crippen molar-refractivity contribution < 1.29 is 12.4 Å². The highest BCUT2D eigenvalue weighted by atomic mass is 35.5. The molecule has 0 amide bonds. The van der Waals surface area contributed by atoms with E-state index >= 15 is 0 Å². The summed E-state index contributed by atoms with van der Waals surface area (Å²) in [5, 5.41) is 4.30. The van der Waals surface area contributed by atoms with Gasteiger partial charge in [0, 0.05) is 5.56 Å². The quantitative estimate of drug-likeness (QED) is 0.213. The SMILES string of the molecule is Cc1ccc(-c2nc(S)c([P+](c3ccccc3)(c3ccccc3)c3ccccc3)c(=O)[nH]2)cc1.[Cl-]. The summed E-state index contributed by atoms with van der Waals surface area (Å²) in [5.41, 5.74) is 1.84. The standard InChI is InChI=1S/C29H23N2OPS.ClH/c1-21-17-19-22(20-18-21)27-30-28(32)26(29(34)31-27)33(23-11-5-2-6-12-23,24-13-7-3-8-14-24)25-15-9-4-10-16-25;/h2-20H,1H3,(H-,30,31,32,34);1H. The number of aromatic nitrogens is 2. The summed E-state index contributed by atoms with van der Waals surface area (Å²) >= 11 is 4.85. The van der Waals surface area contributed by atoms with Gasteiger partial charge in [-0.2, -0.15) is 0 Å². The Hall–Kier alpha value is -3.17. The third-order valence-corrected chi connectivity index (χ3v) is 10.8. The van der Waals surface area contributed by atoms with Gasteiger partial charge in [-0.05, 0) is 43.3 Å². The number of aryl methyl sites for hydroxylation is 1. The van der Waals surface area contributed by atoms with Gasteiger partial charge in [0.15, 0.2) is 7.26 Å².